The number of amides is 1. The number of nitrogens with zero attached hydrogens (tertiary/aromatic N) is 1. The monoisotopic (exact) mass is 239 g/mol. The zero-order valence-corrected chi connectivity index (χ0v) is 9.81. The number of rotatable bonds is 2. The van der Waals surface area contributed by atoms with Crippen molar-refractivity contribution in [2.75, 3.05) is 11.9 Å². The Balaban J connectivity index is 1.98. The van der Waals surface area contributed by atoms with Gasteiger partial charge in [0, 0.05) is 35.9 Å². The van der Waals surface area contributed by atoms with Gasteiger partial charge in [0.2, 0.25) is 0 Å². The summed E-state index contributed by atoms with van der Waals surface area (Å²) in [5, 5.41) is 6.19. The van der Waals surface area contributed by atoms with Crippen LogP contribution in [0.25, 0.3) is 0 Å². The number of fused-ring (bicyclic) bond motifs is 1. The molecule has 0 spiro atoms. The summed E-state index contributed by atoms with van der Waals surface area (Å²) in [6.07, 6.45) is 4.34. The van der Waals surface area contributed by atoms with Crippen LogP contribution < -0.4 is 10.6 Å². The molecule has 0 saturated heterocycles. The Morgan fingerprint density at radius 2 is 2.00 bits per heavy atom. The predicted molar refractivity (Wildman–Crippen MR) is 70.0 cm³/mol. The summed E-state index contributed by atoms with van der Waals surface area (Å²) in [5.74, 6) is 0.00892. The fraction of sp³-hybridized carbons (Fsp3) is 0.143. The standard InChI is InChI=1S/C14H13N3O/c18-14-12-2-1-3-13(11(12)6-9-16-14)17-10-4-7-15-8-5-10/h1-5,7-8H,6,9H2,(H,15,17)(H,16,18). The van der Waals surface area contributed by atoms with Crippen LogP contribution in [-0.4, -0.2) is 17.4 Å². The van der Waals surface area contributed by atoms with Crippen molar-refractivity contribution in [3.8, 4) is 0 Å². The molecule has 2 aromatic rings. The van der Waals surface area contributed by atoms with Crippen molar-refractivity contribution in [2.24, 2.45) is 0 Å². The lowest BCUT2D eigenvalue weighted by molar-refractivity contribution is 0.0946. The number of carbonyl (C=O) groups excluding carboxylic acids is 1. The second-order valence-corrected chi connectivity index (χ2v) is 4.20. The van der Waals surface area contributed by atoms with Gasteiger partial charge >= 0.3 is 0 Å². The zero-order chi connectivity index (χ0) is 12.4. The highest BCUT2D eigenvalue weighted by molar-refractivity contribution is 5.98. The Morgan fingerprint density at radius 1 is 1.17 bits per heavy atom. The Labute approximate surface area is 105 Å². The number of anilines is 2. The summed E-state index contributed by atoms with van der Waals surface area (Å²) in [7, 11) is 0. The molecule has 4 nitrogen and oxygen atoms in total. The van der Waals surface area contributed by atoms with Gasteiger partial charge in [-0.25, -0.2) is 0 Å². The number of benzene rings is 1. The molecule has 90 valence electrons. The summed E-state index contributed by atoms with van der Waals surface area (Å²) in [4.78, 5) is 15.7. The Bertz CT molecular complexity index is 581. The van der Waals surface area contributed by atoms with Gasteiger partial charge in [-0.05, 0) is 36.2 Å². The first-order chi connectivity index (χ1) is 8.84. The van der Waals surface area contributed by atoms with Crippen molar-refractivity contribution in [3.63, 3.8) is 0 Å². The van der Waals surface area contributed by atoms with E-state index in [4.69, 9.17) is 0 Å². The summed E-state index contributed by atoms with van der Waals surface area (Å²) in [6, 6.07) is 9.57. The molecule has 0 unspecified atom stereocenters. The molecule has 1 aromatic heterocycles. The van der Waals surface area contributed by atoms with Crippen LogP contribution in [0, 0.1) is 0 Å². The number of aromatic nitrogens is 1. The van der Waals surface area contributed by atoms with E-state index in [1.165, 1.54) is 0 Å². The second-order valence-electron chi connectivity index (χ2n) is 4.20. The minimum Gasteiger partial charge on any atom is -0.355 e. The molecule has 0 radical (unpaired) electrons. The number of nitrogens with one attached hydrogen (secondary N) is 2. The van der Waals surface area contributed by atoms with E-state index in [0.717, 1.165) is 28.9 Å². The summed E-state index contributed by atoms with van der Waals surface area (Å²) >= 11 is 0. The van der Waals surface area contributed by atoms with Gasteiger partial charge in [-0.3, -0.25) is 9.78 Å². The maximum absolute atomic E-state index is 11.7. The number of carbonyl (C=O) groups is 1. The fourth-order valence-corrected chi connectivity index (χ4v) is 2.17. The third kappa shape index (κ3) is 1.93. The molecule has 1 aromatic carbocycles. The molecular formula is C14H13N3O. The molecule has 2 N–H and O–H groups in total. The van der Waals surface area contributed by atoms with Gasteiger partial charge in [0.1, 0.15) is 0 Å². The van der Waals surface area contributed by atoms with E-state index in [2.05, 4.69) is 15.6 Å². The van der Waals surface area contributed by atoms with Crippen LogP contribution in [0.5, 0.6) is 0 Å². The van der Waals surface area contributed by atoms with Gasteiger partial charge in [-0.1, -0.05) is 6.07 Å². The lowest BCUT2D eigenvalue weighted by Crippen LogP contribution is -2.32. The van der Waals surface area contributed by atoms with Gasteiger partial charge < -0.3 is 10.6 Å². The Hall–Kier alpha value is -2.36. The topological polar surface area (TPSA) is 54.0 Å². The van der Waals surface area contributed by atoms with E-state index >= 15 is 0 Å². The molecule has 0 atom stereocenters. The molecule has 1 amide bonds. The van der Waals surface area contributed by atoms with E-state index in [0.29, 0.717) is 6.54 Å². The fourth-order valence-electron chi connectivity index (χ4n) is 2.17. The van der Waals surface area contributed by atoms with Crippen LogP contribution in [0.2, 0.25) is 0 Å². The molecule has 0 aliphatic carbocycles. The van der Waals surface area contributed by atoms with Gasteiger partial charge in [0.05, 0.1) is 0 Å². The number of pyridine rings is 1. The molecule has 1 aliphatic heterocycles. The third-order valence-corrected chi connectivity index (χ3v) is 3.04. The molecule has 0 bridgehead atoms. The van der Waals surface area contributed by atoms with Crippen LogP contribution >= 0.6 is 0 Å². The van der Waals surface area contributed by atoms with Crippen molar-refractivity contribution in [1.82, 2.24) is 10.3 Å². The van der Waals surface area contributed by atoms with Gasteiger partial charge in [0.15, 0.2) is 0 Å². The molecule has 2 heterocycles. The van der Waals surface area contributed by atoms with E-state index in [1.54, 1.807) is 12.4 Å². The first-order valence-corrected chi connectivity index (χ1v) is 5.92. The summed E-state index contributed by atoms with van der Waals surface area (Å²) < 4.78 is 0. The zero-order valence-electron chi connectivity index (χ0n) is 9.81. The maximum atomic E-state index is 11.7. The van der Waals surface area contributed by atoms with Crippen molar-refractivity contribution >= 4 is 17.3 Å². The van der Waals surface area contributed by atoms with E-state index < -0.39 is 0 Å². The Morgan fingerprint density at radius 3 is 2.83 bits per heavy atom. The minimum absolute atomic E-state index is 0.00892. The van der Waals surface area contributed by atoms with E-state index in [9.17, 15) is 4.79 Å². The van der Waals surface area contributed by atoms with Crippen LogP contribution in [0.15, 0.2) is 42.7 Å². The quantitative estimate of drug-likeness (QED) is 0.844. The maximum Gasteiger partial charge on any atom is 0.251 e. The Kier molecular flexibility index (Phi) is 2.68. The lowest BCUT2D eigenvalue weighted by atomic mass is 9.98. The third-order valence-electron chi connectivity index (χ3n) is 3.04. The number of hydrogen-bond donors (Lipinski definition) is 2. The van der Waals surface area contributed by atoms with Crippen molar-refractivity contribution < 1.29 is 4.79 Å². The van der Waals surface area contributed by atoms with Crippen LogP contribution in [0.3, 0.4) is 0 Å². The van der Waals surface area contributed by atoms with E-state index in [-0.39, 0.29) is 5.91 Å². The second kappa shape index (κ2) is 4.49. The highest BCUT2D eigenvalue weighted by atomic mass is 16.1. The largest absolute Gasteiger partial charge is 0.355 e. The van der Waals surface area contributed by atoms with Crippen molar-refractivity contribution in [1.29, 1.82) is 0 Å². The highest BCUT2D eigenvalue weighted by Gasteiger charge is 2.18. The average Bonchev–Trinajstić information content (AvgIpc) is 2.41. The molecule has 3 rings (SSSR count). The predicted octanol–water partition coefficient (Wildman–Crippen LogP) is 2.11. The van der Waals surface area contributed by atoms with Crippen molar-refractivity contribution in [3.05, 3.63) is 53.9 Å². The van der Waals surface area contributed by atoms with Gasteiger partial charge in [-0.15, -0.1) is 0 Å². The molecular weight excluding hydrogens is 226 g/mol. The normalized spacial score (nSPS) is 13.7. The average molecular weight is 239 g/mol. The SMILES string of the molecule is O=C1NCCc2c(Nc3ccncc3)cccc21. The molecule has 0 saturated carbocycles. The molecule has 1 aliphatic rings. The smallest absolute Gasteiger partial charge is 0.251 e. The van der Waals surface area contributed by atoms with Crippen LogP contribution in [-0.2, 0) is 6.42 Å². The molecule has 4 heteroatoms. The summed E-state index contributed by atoms with van der Waals surface area (Å²) in [6.45, 7) is 0.695. The van der Waals surface area contributed by atoms with E-state index in [1.807, 2.05) is 30.3 Å². The van der Waals surface area contributed by atoms with Crippen LogP contribution in [0.4, 0.5) is 11.4 Å². The summed E-state index contributed by atoms with van der Waals surface area (Å²) in [5.41, 5.74) is 3.82. The molecule has 18 heavy (non-hydrogen) atoms. The van der Waals surface area contributed by atoms with Gasteiger partial charge in [0.25, 0.3) is 5.91 Å². The first-order valence-electron chi connectivity index (χ1n) is 5.92. The van der Waals surface area contributed by atoms with Crippen molar-refractivity contribution in [2.45, 2.75) is 6.42 Å². The van der Waals surface area contributed by atoms with Crippen LogP contribution in [0.1, 0.15) is 15.9 Å². The highest BCUT2D eigenvalue weighted by Crippen LogP contribution is 2.25. The number of hydrogen-bond acceptors (Lipinski definition) is 3. The lowest BCUT2D eigenvalue weighted by Gasteiger charge is -2.20. The minimum atomic E-state index is 0.00892. The van der Waals surface area contributed by atoms with Gasteiger partial charge in [-0.2, -0.15) is 0 Å². The molecule has 0 fully saturated rings. The first kappa shape index (κ1) is 10.8.